The van der Waals surface area contributed by atoms with Crippen molar-refractivity contribution in [2.24, 2.45) is 0 Å². The highest BCUT2D eigenvalue weighted by Crippen LogP contribution is 2.23. The molecule has 1 amide bonds. The van der Waals surface area contributed by atoms with E-state index in [9.17, 15) is 14.7 Å². The van der Waals surface area contributed by atoms with Crippen molar-refractivity contribution in [1.82, 2.24) is 4.90 Å². The molecule has 1 aliphatic heterocycles. The Labute approximate surface area is 117 Å². The summed E-state index contributed by atoms with van der Waals surface area (Å²) in [4.78, 5) is 24.6. The van der Waals surface area contributed by atoms with Crippen molar-refractivity contribution in [3.05, 3.63) is 29.8 Å². The number of phenolic OH excluding ortho intramolecular Hbond substituents is 1. The van der Waals surface area contributed by atoms with Crippen LogP contribution in [0, 0.1) is 0 Å². The number of hydrogen-bond acceptors (Lipinski definition) is 3. The zero-order valence-electron chi connectivity index (χ0n) is 11.3. The lowest BCUT2D eigenvalue weighted by Gasteiger charge is -2.23. The molecule has 1 aromatic rings. The van der Waals surface area contributed by atoms with Crippen LogP contribution in [0.25, 0.3) is 0 Å². The molecule has 1 aliphatic rings. The number of nitrogens with zero attached hydrogens (tertiary/aromatic N) is 1. The Kier molecular flexibility index (Phi) is 4.61. The van der Waals surface area contributed by atoms with Crippen molar-refractivity contribution in [2.45, 2.75) is 38.1 Å². The zero-order valence-corrected chi connectivity index (χ0v) is 11.3. The average Bonchev–Trinajstić information content (AvgIpc) is 2.85. The molecule has 1 aromatic carbocycles. The summed E-state index contributed by atoms with van der Waals surface area (Å²) >= 11 is 0. The number of likely N-dealkylation sites (tertiary alicyclic amines) is 1. The number of phenols is 1. The normalized spacial score (nSPS) is 18.2. The summed E-state index contributed by atoms with van der Waals surface area (Å²) in [5.41, 5.74) is 0.745. The molecule has 1 heterocycles. The fraction of sp³-hybridized carbons (Fsp3) is 0.467. The predicted octanol–water partition coefficient (Wildman–Crippen LogP) is 1.79. The second kappa shape index (κ2) is 6.41. The van der Waals surface area contributed by atoms with Gasteiger partial charge in [-0.1, -0.05) is 18.2 Å². The molecule has 20 heavy (non-hydrogen) atoms. The van der Waals surface area contributed by atoms with Crippen molar-refractivity contribution < 1.29 is 19.8 Å². The summed E-state index contributed by atoms with van der Waals surface area (Å²) < 4.78 is 0. The molecular formula is C15H19NO4. The number of carboxylic acids is 1. The van der Waals surface area contributed by atoms with Gasteiger partial charge in [0.1, 0.15) is 5.75 Å². The van der Waals surface area contributed by atoms with Crippen LogP contribution in [-0.2, 0) is 16.0 Å². The molecule has 0 spiro atoms. The third-order valence-electron chi connectivity index (χ3n) is 3.71. The van der Waals surface area contributed by atoms with Crippen LogP contribution in [0.15, 0.2) is 24.3 Å². The van der Waals surface area contributed by atoms with Crippen molar-refractivity contribution >= 4 is 11.9 Å². The Morgan fingerprint density at radius 1 is 1.30 bits per heavy atom. The first kappa shape index (κ1) is 14.4. The molecule has 2 N–H and O–H groups in total. The first-order valence-electron chi connectivity index (χ1n) is 6.86. The summed E-state index contributed by atoms with van der Waals surface area (Å²) in [7, 11) is 0. The molecule has 1 unspecified atom stereocenters. The highest BCUT2D eigenvalue weighted by Gasteiger charge is 2.29. The third-order valence-corrected chi connectivity index (χ3v) is 3.71. The predicted molar refractivity (Wildman–Crippen MR) is 73.4 cm³/mol. The van der Waals surface area contributed by atoms with E-state index in [0.717, 1.165) is 18.4 Å². The number of aromatic hydroxyl groups is 1. The van der Waals surface area contributed by atoms with Gasteiger partial charge in [-0.15, -0.1) is 0 Å². The smallest absolute Gasteiger partial charge is 0.305 e. The number of carbonyl (C=O) groups is 2. The lowest BCUT2D eigenvalue weighted by Crippen LogP contribution is -2.36. The van der Waals surface area contributed by atoms with Gasteiger partial charge in [0.15, 0.2) is 0 Å². The van der Waals surface area contributed by atoms with Crippen molar-refractivity contribution in [1.29, 1.82) is 0 Å². The van der Waals surface area contributed by atoms with Crippen LogP contribution in [0.5, 0.6) is 5.75 Å². The van der Waals surface area contributed by atoms with Gasteiger partial charge in [-0.25, -0.2) is 0 Å². The van der Waals surface area contributed by atoms with Gasteiger partial charge in [-0.2, -0.15) is 0 Å². The number of carboxylic acid groups (broad SMARTS) is 1. The lowest BCUT2D eigenvalue weighted by atomic mass is 10.1. The lowest BCUT2D eigenvalue weighted by molar-refractivity contribution is -0.139. The Morgan fingerprint density at radius 3 is 2.75 bits per heavy atom. The van der Waals surface area contributed by atoms with Crippen LogP contribution < -0.4 is 0 Å². The zero-order chi connectivity index (χ0) is 14.5. The van der Waals surface area contributed by atoms with E-state index in [-0.39, 0.29) is 24.1 Å². The second-order valence-electron chi connectivity index (χ2n) is 5.11. The minimum Gasteiger partial charge on any atom is -0.508 e. The van der Waals surface area contributed by atoms with Crippen molar-refractivity contribution in [3.8, 4) is 5.75 Å². The van der Waals surface area contributed by atoms with Gasteiger partial charge in [0.25, 0.3) is 0 Å². The molecule has 5 heteroatoms. The first-order chi connectivity index (χ1) is 9.58. The van der Waals surface area contributed by atoms with E-state index in [0.29, 0.717) is 19.4 Å². The maximum atomic E-state index is 12.2. The van der Waals surface area contributed by atoms with Gasteiger partial charge in [0, 0.05) is 19.0 Å². The van der Waals surface area contributed by atoms with E-state index < -0.39 is 5.97 Å². The number of benzene rings is 1. The standard InChI is InChI=1S/C15H19NO4/c17-13-6-2-1-4-11(13)7-8-14(18)16-9-3-5-12(16)10-15(19)20/h1-2,4,6,12,17H,3,5,7-10H2,(H,19,20). The number of hydrogen-bond donors (Lipinski definition) is 2. The maximum absolute atomic E-state index is 12.2. The average molecular weight is 277 g/mol. The van der Waals surface area contributed by atoms with Crippen LogP contribution in [-0.4, -0.2) is 39.6 Å². The van der Waals surface area contributed by atoms with Crippen molar-refractivity contribution in [3.63, 3.8) is 0 Å². The molecule has 0 saturated carbocycles. The molecule has 2 rings (SSSR count). The van der Waals surface area contributed by atoms with E-state index in [1.165, 1.54) is 0 Å². The molecular weight excluding hydrogens is 258 g/mol. The van der Waals surface area contributed by atoms with Crippen LogP contribution in [0.4, 0.5) is 0 Å². The summed E-state index contributed by atoms with van der Waals surface area (Å²) in [6.45, 7) is 0.636. The fourth-order valence-corrected chi connectivity index (χ4v) is 2.69. The molecule has 0 bridgehead atoms. The second-order valence-corrected chi connectivity index (χ2v) is 5.11. The first-order valence-corrected chi connectivity index (χ1v) is 6.86. The molecule has 0 aliphatic carbocycles. The van der Waals surface area contributed by atoms with Crippen molar-refractivity contribution in [2.75, 3.05) is 6.54 Å². The van der Waals surface area contributed by atoms with Gasteiger partial charge >= 0.3 is 5.97 Å². The minimum absolute atomic E-state index is 0.0162. The highest BCUT2D eigenvalue weighted by molar-refractivity contribution is 5.78. The van der Waals surface area contributed by atoms with E-state index in [1.807, 2.05) is 6.07 Å². The Hall–Kier alpha value is -2.04. The van der Waals surface area contributed by atoms with Crippen LogP contribution in [0.1, 0.15) is 31.2 Å². The fourth-order valence-electron chi connectivity index (χ4n) is 2.69. The van der Waals surface area contributed by atoms with E-state index in [4.69, 9.17) is 5.11 Å². The van der Waals surface area contributed by atoms with E-state index >= 15 is 0 Å². The van der Waals surface area contributed by atoms with E-state index in [1.54, 1.807) is 23.1 Å². The number of aliphatic carboxylic acids is 1. The van der Waals surface area contributed by atoms with Crippen LogP contribution in [0.2, 0.25) is 0 Å². The molecule has 1 atom stereocenters. The number of para-hydroxylation sites is 1. The van der Waals surface area contributed by atoms with Gasteiger partial charge < -0.3 is 15.1 Å². The number of rotatable bonds is 5. The molecule has 1 saturated heterocycles. The Balaban J connectivity index is 1.91. The number of aryl methyl sites for hydroxylation is 1. The molecule has 0 radical (unpaired) electrons. The van der Waals surface area contributed by atoms with Gasteiger partial charge in [-0.3, -0.25) is 9.59 Å². The Morgan fingerprint density at radius 2 is 2.05 bits per heavy atom. The summed E-state index contributed by atoms with van der Waals surface area (Å²) in [6.07, 6.45) is 2.41. The number of carbonyl (C=O) groups excluding carboxylic acids is 1. The molecule has 0 aromatic heterocycles. The summed E-state index contributed by atoms with van der Waals surface area (Å²) in [6, 6.07) is 6.78. The largest absolute Gasteiger partial charge is 0.508 e. The Bertz CT molecular complexity index is 500. The maximum Gasteiger partial charge on any atom is 0.305 e. The third kappa shape index (κ3) is 3.50. The monoisotopic (exact) mass is 277 g/mol. The minimum atomic E-state index is -0.865. The topological polar surface area (TPSA) is 77.8 Å². The van der Waals surface area contributed by atoms with Gasteiger partial charge in [0.05, 0.1) is 6.42 Å². The molecule has 5 nitrogen and oxygen atoms in total. The van der Waals surface area contributed by atoms with Crippen LogP contribution in [0.3, 0.4) is 0 Å². The molecule has 108 valence electrons. The summed E-state index contributed by atoms with van der Waals surface area (Å²) in [5.74, 6) is -0.698. The molecule has 1 fully saturated rings. The number of amides is 1. The van der Waals surface area contributed by atoms with Gasteiger partial charge in [-0.05, 0) is 30.9 Å². The summed E-state index contributed by atoms with van der Waals surface area (Å²) in [5, 5.41) is 18.5. The van der Waals surface area contributed by atoms with Crippen LogP contribution >= 0.6 is 0 Å². The SMILES string of the molecule is O=C(O)CC1CCCN1C(=O)CCc1ccccc1O. The quantitative estimate of drug-likeness (QED) is 0.860. The highest BCUT2D eigenvalue weighted by atomic mass is 16.4. The van der Waals surface area contributed by atoms with E-state index in [2.05, 4.69) is 0 Å². The van der Waals surface area contributed by atoms with Gasteiger partial charge in [0.2, 0.25) is 5.91 Å².